The molecule has 162 valence electrons. The van der Waals surface area contributed by atoms with Gasteiger partial charge in [-0.25, -0.2) is 13.2 Å². The fourth-order valence-corrected chi connectivity index (χ4v) is 5.41. The third kappa shape index (κ3) is 5.29. The topological polar surface area (TPSA) is 84.0 Å². The number of ether oxygens (including phenoxy) is 1. The van der Waals surface area contributed by atoms with Crippen LogP contribution in [-0.2, 0) is 19.6 Å². The molecule has 0 N–H and O–H groups in total. The van der Waals surface area contributed by atoms with Gasteiger partial charge >= 0.3 is 5.97 Å². The Bertz CT molecular complexity index is 844. The standard InChI is InChI=1S/C20H29ClN2O5S/c1-5-22(6-2)29(26,27)16-10-11-18(21)17(12-16)20(25)28-13-19(24)23-14(3)8-7-9-15(23)4/h10-12,14-15H,5-9,13H2,1-4H3/t14-,15-/m1/s1. The summed E-state index contributed by atoms with van der Waals surface area (Å²) in [7, 11) is -3.75. The van der Waals surface area contributed by atoms with Gasteiger partial charge in [0.25, 0.3) is 5.91 Å². The molecular weight excluding hydrogens is 416 g/mol. The van der Waals surface area contributed by atoms with Gasteiger partial charge in [0.05, 0.1) is 15.5 Å². The summed E-state index contributed by atoms with van der Waals surface area (Å²) in [5.41, 5.74) is -0.0764. The molecule has 1 saturated heterocycles. The zero-order valence-electron chi connectivity index (χ0n) is 17.4. The quantitative estimate of drug-likeness (QED) is 0.602. The van der Waals surface area contributed by atoms with Gasteiger partial charge in [-0.05, 0) is 51.3 Å². The summed E-state index contributed by atoms with van der Waals surface area (Å²) < 4.78 is 31.9. The van der Waals surface area contributed by atoms with E-state index in [9.17, 15) is 18.0 Å². The molecule has 1 aromatic carbocycles. The Morgan fingerprint density at radius 1 is 1.17 bits per heavy atom. The van der Waals surface area contributed by atoms with Crippen LogP contribution in [0, 0.1) is 0 Å². The highest BCUT2D eigenvalue weighted by Gasteiger charge is 2.30. The van der Waals surface area contributed by atoms with E-state index < -0.39 is 22.6 Å². The van der Waals surface area contributed by atoms with Crippen molar-refractivity contribution < 1.29 is 22.7 Å². The molecule has 0 aliphatic carbocycles. The molecule has 7 nitrogen and oxygen atoms in total. The SMILES string of the molecule is CCN(CC)S(=O)(=O)c1ccc(Cl)c(C(=O)OCC(=O)N2[C@H](C)CCC[C@H]2C)c1. The van der Waals surface area contributed by atoms with Crippen molar-refractivity contribution in [3.63, 3.8) is 0 Å². The predicted molar refractivity (Wildman–Crippen MR) is 111 cm³/mol. The van der Waals surface area contributed by atoms with Gasteiger partial charge in [-0.2, -0.15) is 4.31 Å². The molecule has 0 bridgehead atoms. The van der Waals surface area contributed by atoms with Crippen molar-refractivity contribution in [1.29, 1.82) is 0 Å². The zero-order chi connectivity index (χ0) is 21.8. The summed E-state index contributed by atoms with van der Waals surface area (Å²) in [5, 5.41) is 0.0701. The Hall–Kier alpha value is -1.64. The minimum Gasteiger partial charge on any atom is -0.452 e. The van der Waals surface area contributed by atoms with E-state index in [-0.39, 0.29) is 33.5 Å². The molecule has 0 aromatic heterocycles. The van der Waals surface area contributed by atoms with Gasteiger partial charge in [0, 0.05) is 25.2 Å². The third-order valence-electron chi connectivity index (χ3n) is 5.31. The highest BCUT2D eigenvalue weighted by atomic mass is 35.5. The maximum Gasteiger partial charge on any atom is 0.340 e. The predicted octanol–water partition coefficient (Wildman–Crippen LogP) is 3.32. The molecule has 0 spiro atoms. The molecule has 1 aromatic rings. The molecule has 1 aliphatic rings. The first kappa shape index (κ1) is 23.6. The van der Waals surface area contributed by atoms with E-state index in [0.717, 1.165) is 19.3 Å². The normalized spacial score (nSPS) is 20.0. The lowest BCUT2D eigenvalue weighted by atomic mass is 9.97. The van der Waals surface area contributed by atoms with E-state index >= 15 is 0 Å². The van der Waals surface area contributed by atoms with Gasteiger partial charge in [-0.1, -0.05) is 25.4 Å². The highest BCUT2D eigenvalue weighted by molar-refractivity contribution is 7.89. The number of halogens is 1. The maximum atomic E-state index is 12.7. The summed E-state index contributed by atoms with van der Waals surface area (Å²) >= 11 is 6.09. The molecule has 1 fully saturated rings. The molecule has 29 heavy (non-hydrogen) atoms. The average molecular weight is 445 g/mol. The van der Waals surface area contributed by atoms with E-state index in [1.54, 1.807) is 18.7 Å². The first-order valence-corrected chi connectivity index (χ1v) is 11.7. The Kier molecular flexibility index (Phi) is 8.08. The zero-order valence-corrected chi connectivity index (χ0v) is 18.9. The molecule has 0 radical (unpaired) electrons. The van der Waals surface area contributed by atoms with E-state index in [4.69, 9.17) is 16.3 Å². The van der Waals surface area contributed by atoms with Crippen LogP contribution >= 0.6 is 11.6 Å². The molecule has 1 heterocycles. The number of amides is 1. The number of esters is 1. The summed E-state index contributed by atoms with van der Waals surface area (Å²) in [5.74, 6) is -1.08. The molecule has 0 unspecified atom stereocenters. The van der Waals surface area contributed by atoms with Gasteiger partial charge in [-0.3, -0.25) is 4.79 Å². The molecule has 1 amide bonds. The van der Waals surface area contributed by atoms with Crippen LogP contribution in [0.25, 0.3) is 0 Å². The third-order valence-corrected chi connectivity index (χ3v) is 7.68. The lowest BCUT2D eigenvalue weighted by molar-refractivity contribution is -0.140. The van der Waals surface area contributed by atoms with Crippen molar-refractivity contribution in [2.45, 2.75) is 63.9 Å². The monoisotopic (exact) mass is 444 g/mol. The molecular formula is C20H29ClN2O5S. The smallest absolute Gasteiger partial charge is 0.340 e. The fourth-order valence-electron chi connectivity index (χ4n) is 3.73. The number of nitrogens with zero attached hydrogens (tertiary/aromatic N) is 2. The Morgan fingerprint density at radius 3 is 2.31 bits per heavy atom. The molecule has 9 heteroatoms. The molecule has 1 aliphatic heterocycles. The van der Waals surface area contributed by atoms with Crippen molar-refractivity contribution >= 4 is 33.5 Å². The second kappa shape index (κ2) is 9.91. The van der Waals surface area contributed by atoms with Gasteiger partial charge < -0.3 is 9.64 Å². The Labute approximate surface area is 178 Å². The van der Waals surface area contributed by atoms with E-state index in [1.165, 1.54) is 22.5 Å². The average Bonchev–Trinajstić information content (AvgIpc) is 2.66. The van der Waals surface area contributed by atoms with Crippen LogP contribution in [0.15, 0.2) is 23.1 Å². The molecule has 2 atom stereocenters. The number of hydrogen-bond acceptors (Lipinski definition) is 5. The number of hydrogen-bond donors (Lipinski definition) is 0. The van der Waals surface area contributed by atoms with E-state index in [2.05, 4.69) is 0 Å². The minimum atomic E-state index is -3.75. The lowest BCUT2D eigenvalue weighted by Crippen LogP contribution is -2.49. The number of benzene rings is 1. The van der Waals surface area contributed by atoms with Crippen molar-refractivity contribution in [1.82, 2.24) is 9.21 Å². The molecule has 0 saturated carbocycles. The fraction of sp³-hybridized carbons (Fsp3) is 0.600. The Morgan fingerprint density at radius 2 is 1.76 bits per heavy atom. The van der Waals surface area contributed by atoms with Crippen molar-refractivity contribution in [3.05, 3.63) is 28.8 Å². The summed E-state index contributed by atoms with van der Waals surface area (Å²) in [6.45, 7) is 7.64. The Balaban J connectivity index is 2.16. The van der Waals surface area contributed by atoms with Gasteiger partial charge in [-0.15, -0.1) is 0 Å². The van der Waals surface area contributed by atoms with Crippen LogP contribution in [0.5, 0.6) is 0 Å². The summed E-state index contributed by atoms with van der Waals surface area (Å²) in [4.78, 5) is 26.8. The summed E-state index contributed by atoms with van der Waals surface area (Å²) in [6, 6.07) is 4.10. The van der Waals surface area contributed by atoms with Crippen LogP contribution < -0.4 is 0 Å². The second-order valence-electron chi connectivity index (χ2n) is 7.24. The van der Waals surface area contributed by atoms with Crippen molar-refractivity contribution in [3.8, 4) is 0 Å². The lowest BCUT2D eigenvalue weighted by Gasteiger charge is -2.38. The molecule has 2 rings (SSSR count). The van der Waals surface area contributed by atoms with E-state index in [0.29, 0.717) is 13.1 Å². The van der Waals surface area contributed by atoms with Crippen LogP contribution in [0.1, 0.15) is 57.3 Å². The summed E-state index contributed by atoms with van der Waals surface area (Å²) in [6.07, 6.45) is 2.90. The van der Waals surface area contributed by atoms with E-state index in [1.807, 2.05) is 13.8 Å². The largest absolute Gasteiger partial charge is 0.452 e. The van der Waals surface area contributed by atoms with Gasteiger partial charge in [0.15, 0.2) is 6.61 Å². The second-order valence-corrected chi connectivity index (χ2v) is 9.58. The van der Waals surface area contributed by atoms with Crippen LogP contribution in [-0.4, -0.2) is 61.3 Å². The number of piperidine rings is 1. The van der Waals surface area contributed by atoms with Crippen molar-refractivity contribution in [2.75, 3.05) is 19.7 Å². The highest BCUT2D eigenvalue weighted by Crippen LogP contribution is 2.25. The van der Waals surface area contributed by atoms with Crippen LogP contribution in [0.3, 0.4) is 0 Å². The minimum absolute atomic E-state index is 0.0397. The number of rotatable bonds is 7. The van der Waals surface area contributed by atoms with Gasteiger partial charge in [0.2, 0.25) is 10.0 Å². The number of sulfonamides is 1. The number of carbonyl (C=O) groups excluding carboxylic acids is 2. The van der Waals surface area contributed by atoms with Crippen LogP contribution in [0.4, 0.5) is 0 Å². The maximum absolute atomic E-state index is 12.7. The van der Waals surface area contributed by atoms with Crippen LogP contribution in [0.2, 0.25) is 5.02 Å². The number of carbonyl (C=O) groups is 2. The van der Waals surface area contributed by atoms with Crippen molar-refractivity contribution in [2.24, 2.45) is 0 Å². The number of likely N-dealkylation sites (tertiary alicyclic amines) is 1. The van der Waals surface area contributed by atoms with Gasteiger partial charge in [0.1, 0.15) is 0 Å². The first-order valence-electron chi connectivity index (χ1n) is 9.91. The first-order chi connectivity index (χ1) is 13.6.